The molecule has 0 aromatic heterocycles. The molecule has 150 valence electrons. The number of benzene rings is 2. The van der Waals surface area contributed by atoms with E-state index in [0.717, 1.165) is 49.7 Å². The average Bonchev–Trinajstić information content (AvgIpc) is 2.68. The molecule has 2 aromatic rings. The third-order valence-electron chi connectivity index (χ3n) is 5.41. The van der Waals surface area contributed by atoms with Gasteiger partial charge in [-0.2, -0.15) is 0 Å². The fraction of sp³-hybridized carbons (Fsp3) is 0.435. The van der Waals surface area contributed by atoms with Gasteiger partial charge in [-0.05, 0) is 50.1 Å². The SMILES string of the molecule is Cc1ccc(SCCN2CCN(CC(=O)Nc3cccc(C)c3C)CC2)cc1. The Kier molecular flexibility index (Phi) is 7.54. The van der Waals surface area contributed by atoms with E-state index in [1.807, 2.05) is 23.9 Å². The van der Waals surface area contributed by atoms with E-state index in [2.05, 4.69) is 66.2 Å². The maximum Gasteiger partial charge on any atom is 0.238 e. The van der Waals surface area contributed by atoms with Crippen molar-refractivity contribution in [2.24, 2.45) is 0 Å². The lowest BCUT2D eigenvalue weighted by Gasteiger charge is -2.34. The molecule has 3 rings (SSSR count). The molecule has 2 aromatic carbocycles. The molecule has 4 nitrogen and oxygen atoms in total. The van der Waals surface area contributed by atoms with Gasteiger partial charge in [-0.1, -0.05) is 29.8 Å². The predicted molar refractivity (Wildman–Crippen MR) is 119 cm³/mol. The van der Waals surface area contributed by atoms with Gasteiger partial charge in [0, 0.05) is 49.1 Å². The van der Waals surface area contributed by atoms with Crippen molar-refractivity contribution in [3.05, 3.63) is 59.2 Å². The van der Waals surface area contributed by atoms with Crippen molar-refractivity contribution < 1.29 is 4.79 Å². The first-order valence-electron chi connectivity index (χ1n) is 10.0. The van der Waals surface area contributed by atoms with Crippen molar-refractivity contribution in [2.75, 3.05) is 50.3 Å². The Bertz CT molecular complexity index is 783. The average molecular weight is 398 g/mol. The summed E-state index contributed by atoms with van der Waals surface area (Å²) in [6.45, 7) is 11.8. The number of hydrogen-bond donors (Lipinski definition) is 1. The van der Waals surface area contributed by atoms with E-state index < -0.39 is 0 Å². The Morgan fingerprint density at radius 1 is 0.964 bits per heavy atom. The van der Waals surface area contributed by atoms with Crippen molar-refractivity contribution in [1.29, 1.82) is 0 Å². The molecule has 1 fully saturated rings. The van der Waals surface area contributed by atoms with E-state index in [-0.39, 0.29) is 5.91 Å². The Balaban J connectivity index is 1.36. The monoisotopic (exact) mass is 397 g/mol. The van der Waals surface area contributed by atoms with Gasteiger partial charge in [0.1, 0.15) is 0 Å². The summed E-state index contributed by atoms with van der Waals surface area (Å²) in [6, 6.07) is 14.8. The molecule has 5 heteroatoms. The fourth-order valence-corrected chi connectivity index (χ4v) is 4.29. The molecule has 0 bridgehead atoms. The number of aryl methyl sites for hydroxylation is 2. The first kappa shape index (κ1) is 20.9. The molecule has 0 aliphatic carbocycles. The number of piperazine rings is 1. The predicted octanol–water partition coefficient (Wildman–Crippen LogP) is 3.96. The zero-order chi connectivity index (χ0) is 19.9. The standard InChI is InChI=1S/C23H31N3OS/c1-18-7-9-21(10-8-18)28-16-15-25-11-13-26(14-12-25)17-23(27)24-22-6-4-5-19(2)20(22)3/h4-10H,11-17H2,1-3H3,(H,24,27). The molecule has 1 amide bonds. The van der Waals surface area contributed by atoms with Crippen molar-refractivity contribution in [3.63, 3.8) is 0 Å². The van der Waals surface area contributed by atoms with Crippen LogP contribution in [0.2, 0.25) is 0 Å². The molecule has 1 heterocycles. The van der Waals surface area contributed by atoms with E-state index in [1.54, 1.807) is 0 Å². The normalized spacial score (nSPS) is 15.5. The highest BCUT2D eigenvalue weighted by molar-refractivity contribution is 7.99. The van der Waals surface area contributed by atoms with Crippen LogP contribution in [0.4, 0.5) is 5.69 Å². The van der Waals surface area contributed by atoms with Crippen LogP contribution in [0.15, 0.2) is 47.4 Å². The molecule has 0 unspecified atom stereocenters. The summed E-state index contributed by atoms with van der Waals surface area (Å²) >= 11 is 1.92. The maximum absolute atomic E-state index is 12.4. The lowest BCUT2D eigenvalue weighted by Crippen LogP contribution is -2.49. The fourth-order valence-electron chi connectivity index (χ4n) is 3.38. The smallest absolute Gasteiger partial charge is 0.238 e. The van der Waals surface area contributed by atoms with Gasteiger partial charge >= 0.3 is 0 Å². The first-order chi connectivity index (χ1) is 13.5. The zero-order valence-corrected chi connectivity index (χ0v) is 18.0. The molecule has 1 aliphatic rings. The molecule has 0 spiro atoms. The number of nitrogens with one attached hydrogen (secondary N) is 1. The van der Waals surface area contributed by atoms with Crippen molar-refractivity contribution in [2.45, 2.75) is 25.7 Å². The van der Waals surface area contributed by atoms with Crippen LogP contribution in [0.5, 0.6) is 0 Å². The van der Waals surface area contributed by atoms with Crippen LogP contribution < -0.4 is 5.32 Å². The number of anilines is 1. The molecule has 1 saturated heterocycles. The van der Waals surface area contributed by atoms with Crippen LogP contribution in [0.3, 0.4) is 0 Å². The van der Waals surface area contributed by atoms with E-state index in [9.17, 15) is 4.79 Å². The quantitative estimate of drug-likeness (QED) is 0.718. The molecule has 1 aliphatic heterocycles. The molecule has 28 heavy (non-hydrogen) atoms. The number of carbonyl (C=O) groups excluding carboxylic acids is 1. The third-order valence-corrected chi connectivity index (χ3v) is 6.40. The number of rotatable bonds is 7. The van der Waals surface area contributed by atoms with Crippen LogP contribution >= 0.6 is 11.8 Å². The molecule has 0 atom stereocenters. The van der Waals surface area contributed by atoms with Crippen LogP contribution in [0, 0.1) is 20.8 Å². The highest BCUT2D eigenvalue weighted by atomic mass is 32.2. The number of nitrogens with zero attached hydrogens (tertiary/aromatic N) is 2. The Morgan fingerprint density at radius 3 is 2.36 bits per heavy atom. The number of amides is 1. The Hall–Kier alpha value is -1.82. The highest BCUT2D eigenvalue weighted by Crippen LogP contribution is 2.19. The summed E-state index contributed by atoms with van der Waals surface area (Å²) in [5.41, 5.74) is 4.58. The van der Waals surface area contributed by atoms with E-state index in [1.165, 1.54) is 16.0 Å². The van der Waals surface area contributed by atoms with Gasteiger partial charge in [0.2, 0.25) is 5.91 Å². The minimum atomic E-state index is 0.0806. The minimum absolute atomic E-state index is 0.0806. The van der Waals surface area contributed by atoms with Gasteiger partial charge in [0.25, 0.3) is 0 Å². The van der Waals surface area contributed by atoms with Gasteiger partial charge in [-0.25, -0.2) is 0 Å². The summed E-state index contributed by atoms with van der Waals surface area (Å²) < 4.78 is 0. The first-order valence-corrected chi connectivity index (χ1v) is 11.0. The van der Waals surface area contributed by atoms with Crippen LogP contribution in [-0.2, 0) is 4.79 Å². The lowest BCUT2D eigenvalue weighted by atomic mass is 10.1. The van der Waals surface area contributed by atoms with Gasteiger partial charge in [-0.15, -0.1) is 11.8 Å². The molecule has 0 radical (unpaired) electrons. The highest BCUT2D eigenvalue weighted by Gasteiger charge is 2.19. The second-order valence-electron chi connectivity index (χ2n) is 7.57. The van der Waals surface area contributed by atoms with Gasteiger partial charge in [-0.3, -0.25) is 14.6 Å². The van der Waals surface area contributed by atoms with E-state index in [0.29, 0.717) is 6.54 Å². The molecular formula is C23H31N3OS. The number of hydrogen-bond acceptors (Lipinski definition) is 4. The maximum atomic E-state index is 12.4. The van der Waals surface area contributed by atoms with E-state index in [4.69, 9.17) is 0 Å². The summed E-state index contributed by atoms with van der Waals surface area (Å²) in [5, 5.41) is 3.07. The largest absolute Gasteiger partial charge is 0.325 e. The van der Waals surface area contributed by atoms with Crippen LogP contribution in [0.25, 0.3) is 0 Å². The van der Waals surface area contributed by atoms with Gasteiger partial charge < -0.3 is 5.32 Å². The molecule has 0 saturated carbocycles. The summed E-state index contributed by atoms with van der Waals surface area (Å²) in [6.07, 6.45) is 0. The molecule has 1 N–H and O–H groups in total. The minimum Gasteiger partial charge on any atom is -0.325 e. The van der Waals surface area contributed by atoms with Crippen molar-refractivity contribution in [3.8, 4) is 0 Å². The number of thioether (sulfide) groups is 1. The van der Waals surface area contributed by atoms with Gasteiger partial charge in [0.15, 0.2) is 0 Å². The van der Waals surface area contributed by atoms with Gasteiger partial charge in [0.05, 0.1) is 6.54 Å². The van der Waals surface area contributed by atoms with Crippen LogP contribution in [0.1, 0.15) is 16.7 Å². The molecular weight excluding hydrogens is 366 g/mol. The summed E-state index contributed by atoms with van der Waals surface area (Å²) in [7, 11) is 0. The second-order valence-corrected chi connectivity index (χ2v) is 8.74. The van der Waals surface area contributed by atoms with E-state index >= 15 is 0 Å². The summed E-state index contributed by atoms with van der Waals surface area (Å²) in [4.78, 5) is 18.5. The van der Waals surface area contributed by atoms with Crippen molar-refractivity contribution in [1.82, 2.24) is 9.80 Å². The number of carbonyl (C=O) groups is 1. The topological polar surface area (TPSA) is 35.6 Å². The second kappa shape index (κ2) is 10.1. The van der Waals surface area contributed by atoms with Crippen LogP contribution in [-0.4, -0.2) is 60.7 Å². The Labute approximate surface area is 173 Å². The summed E-state index contributed by atoms with van der Waals surface area (Å²) in [5.74, 6) is 1.19. The Morgan fingerprint density at radius 2 is 1.64 bits per heavy atom. The lowest BCUT2D eigenvalue weighted by molar-refractivity contribution is -0.117. The third kappa shape index (κ3) is 6.09. The van der Waals surface area contributed by atoms with Crippen molar-refractivity contribution >= 4 is 23.4 Å². The zero-order valence-electron chi connectivity index (χ0n) is 17.2.